The molecule has 1 spiro atoms. The van der Waals surface area contributed by atoms with Crippen LogP contribution < -0.4 is 5.48 Å². The molecular formula is C15H29NO2. The Kier molecular flexibility index (Phi) is 4.35. The Hall–Kier alpha value is -0.120. The van der Waals surface area contributed by atoms with Crippen molar-refractivity contribution in [3.05, 3.63) is 0 Å². The number of nitrogens with one attached hydrogen (secondary N) is 1. The van der Waals surface area contributed by atoms with Crippen LogP contribution in [0.15, 0.2) is 0 Å². The summed E-state index contributed by atoms with van der Waals surface area (Å²) in [5.74, 6) is 0. The average Bonchev–Trinajstić information content (AvgIpc) is 2.32. The van der Waals surface area contributed by atoms with E-state index in [9.17, 15) is 0 Å². The van der Waals surface area contributed by atoms with Gasteiger partial charge in [0.15, 0.2) is 0 Å². The van der Waals surface area contributed by atoms with E-state index in [1.807, 2.05) is 0 Å². The summed E-state index contributed by atoms with van der Waals surface area (Å²) in [6.45, 7) is 9.20. The average molecular weight is 255 g/mol. The first-order valence-corrected chi connectivity index (χ1v) is 7.53. The number of rotatable bonds is 4. The molecule has 1 N–H and O–H groups in total. The molecule has 0 bridgehead atoms. The summed E-state index contributed by atoms with van der Waals surface area (Å²) < 4.78 is 5.94. The molecule has 0 saturated heterocycles. The summed E-state index contributed by atoms with van der Waals surface area (Å²) in [6, 6.07) is 0.480. The monoisotopic (exact) mass is 255 g/mol. The number of hydrogen-bond acceptors (Lipinski definition) is 3. The molecule has 0 amide bonds. The van der Waals surface area contributed by atoms with Gasteiger partial charge in [-0.3, -0.25) is 4.84 Å². The predicted octanol–water partition coefficient (Wildman–Crippen LogP) is 3.43. The molecule has 3 heteroatoms. The maximum atomic E-state index is 5.94. The highest BCUT2D eigenvalue weighted by Gasteiger charge is 2.56. The lowest BCUT2D eigenvalue weighted by molar-refractivity contribution is -0.204. The van der Waals surface area contributed by atoms with E-state index in [1.54, 1.807) is 0 Å². The second-order valence-electron chi connectivity index (χ2n) is 6.86. The first kappa shape index (κ1) is 14.3. The van der Waals surface area contributed by atoms with E-state index in [2.05, 4.69) is 33.2 Å². The minimum Gasteiger partial charge on any atom is -0.378 e. The molecule has 0 aliphatic heterocycles. The topological polar surface area (TPSA) is 30.5 Å². The second-order valence-corrected chi connectivity index (χ2v) is 6.86. The third-order valence-electron chi connectivity index (χ3n) is 4.44. The van der Waals surface area contributed by atoms with Gasteiger partial charge in [-0.1, -0.05) is 19.3 Å². The van der Waals surface area contributed by atoms with Crippen molar-refractivity contribution in [2.75, 3.05) is 6.61 Å². The van der Waals surface area contributed by atoms with Gasteiger partial charge >= 0.3 is 0 Å². The fourth-order valence-corrected chi connectivity index (χ4v) is 3.48. The van der Waals surface area contributed by atoms with Gasteiger partial charge in [0.1, 0.15) is 0 Å². The zero-order chi connectivity index (χ0) is 13.2. The van der Waals surface area contributed by atoms with Crippen LogP contribution in [0.2, 0.25) is 0 Å². The summed E-state index contributed by atoms with van der Waals surface area (Å²) in [5.41, 5.74) is 3.56. The van der Waals surface area contributed by atoms with Crippen molar-refractivity contribution in [3.63, 3.8) is 0 Å². The SMILES string of the molecule is CCOC1CC(NOC(C)(C)C)C12CCCCC2. The Morgan fingerprint density at radius 2 is 1.83 bits per heavy atom. The summed E-state index contributed by atoms with van der Waals surface area (Å²) in [5, 5.41) is 0. The Morgan fingerprint density at radius 1 is 1.17 bits per heavy atom. The molecule has 2 aliphatic carbocycles. The molecule has 2 fully saturated rings. The third-order valence-corrected chi connectivity index (χ3v) is 4.44. The molecule has 0 heterocycles. The lowest BCUT2D eigenvalue weighted by Gasteiger charge is -2.57. The Morgan fingerprint density at radius 3 is 2.39 bits per heavy atom. The van der Waals surface area contributed by atoms with Gasteiger partial charge in [0.05, 0.1) is 11.7 Å². The van der Waals surface area contributed by atoms with E-state index in [-0.39, 0.29) is 5.60 Å². The van der Waals surface area contributed by atoms with Crippen molar-refractivity contribution in [2.45, 2.75) is 84.0 Å². The molecule has 106 valence electrons. The van der Waals surface area contributed by atoms with Crippen molar-refractivity contribution in [3.8, 4) is 0 Å². The molecule has 2 aliphatic rings. The molecule has 0 aromatic carbocycles. The maximum Gasteiger partial charge on any atom is 0.0813 e. The van der Waals surface area contributed by atoms with Crippen LogP contribution in [0.25, 0.3) is 0 Å². The molecular weight excluding hydrogens is 226 g/mol. The van der Waals surface area contributed by atoms with Gasteiger partial charge in [-0.2, -0.15) is 5.48 Å². The van der Waals surface area contributed by atoms with Crippen LogP contribution in [0.1, 0.15) is 66.2 Å². The molecule has 2 saturated carbocycles. The first-order valence-electron chi connectivity index (χ1n) is 7.53. The fraction of sp³-hybridized carbons (Fsp3) is 1.00. The van der Waals surface area contributed by atoms with E-state index in [0.717, 1.165) is 13.0 Å². The number of hydrogen-bond donors (Lipinski definition) is 1. The zero-order valence-corrected chi connectivity index (χ0v) is 12.4. The highest BCUT2D eigenvalue weighted by atomic mass is 16.7. The summed E-state index contributed by atoms with van der Waals surface area (Å²) in [7, 11) is 0. The van der Waals surface area contributed by atoms with Crippen LogP contribution in [0.4, 0.5) is 0 Å². The van der Waals surface area contributed by atoms with E-state index in [1.165, 1.54) is 32.1 Å². The van der Waals surface area contributed by atoms with Crippen LogP contribution in [0, 0.1) is 5.41 Å². The van der Waals surface area contributed by atoms with E-state index in [4.69, 9.17) is 9.57 Å². The molecule has 0 radical (unpaired) electrons. The van der Waals surface area contributed by atoms with Crippen molar-refractivity contribution < 1.29 is 9.57 Å². The maximum absolute atomic E-state index is 5.94. The van der Waals surface area contributed by atoms with Gasteiger partial charge in [-0.15, -0.1) is 0 Å². The van der Waals surface area contributed by atoms with E-state index in [0.29, 0.717) is 17.6 Å². The van der Waals surface area contributed by atoms with E-state index >= 15 is 0 Å². The normalized spacial score (nSPS) is 31.3. The summed E-state index contributed by atoms with van der Waals surface area (Å²) in [4.78, 5) is 5.78. The predicted molar refractivity (Wildman–Crippen MR) is 73.3 cm³/mol. The largest absolute Gasteiger partial charge is 0.378 e. The van der Waals surface area contributed by atoms with Crippen LogP contribution in [0.5, 0.6) is 0 Å². The lowest BCUT2D eigenvalue weighted by Crippen LogP contribution is -2.65. The molecule has 18 heavy (non-hydrogen) atoms. The Labute approximate surface area is 112 Å². The smallest absolute Gasteiger partial charge is 0.0813 e. The van der Waals surface area contributed by atoms with Crippen LogP contribution >= 0.6 is 0 Å². The van der Waals surface area contributed by atoms with Crippen LogP contribution in [-0.2, 0) is 9.57 Å². The van der Waals surface area contributed by atoms with Crippen molar-refractivity contribution in [2.24, 2.45) is 5.41 Å². The standard InChI is InChI=1S/C15H29NO2/c1-5-17-13-11-12(16-18-14(2,3)4)15(13)9-7-6-8-10-15/h12-13,16H,5-11H2,1-4H3. The fourth-order valence-electron chi connectivity index (χ4n) is 3.48. The summed E-state index contributed by atoms with van der Waals surface area (Å²) in [6.07, 6.45) is 8.21. The Bertz CT molecular complexity index is 266. The lowest BCUT2D eigenvalue weighted by atomic mass is 9.55. The van der Waals surface area contributed by atoms with Gasteiger partial charge in [0.25, 0.3) is 0 Å². The Balaban J connectivity index is 1.94. The third kappa shape index (κ3) is 2.89. The highest BCUT2D eigenvalue weighted by Crippen LogP contribution is 2.53. The van der Waals surface area contributed by atoms with Gasteiger partial charge in [-0.25, -0.2) is 0 Å². The molecule has 2 rings (SSSR count). The van der Waals surface area contributed by atoms with Gasteiger partial charge in [0, 0.05) is 18.1 Å². The van der Waals surface area contributed by atoms with Crippen LogP contribution in [0.3, 0.4) is 0 Å². The van der Waals surface area contributed by atoms with E-state index < -0.39 is 0 Å². The number of hydroxylamine groups is 1. The molecule has 2 unspecified atom stereocenters. The van der Waals surface area contributed by atoms with Crippen molar-refractivity contribution in [1.29, 1.82) is 0 Å². The van der Waals surface area contributed by atoms with Crippen molar-refractivity contribution in [1.82, 2.24) is 5.48 Å². The van der Waals surface area contributed by atoms with Crippen molar-refractivity contribution >= 4 is 0 Å². The highest BCUT2D eigenvalue weighted by molar-refractivity contribution is 5.08. The molecule has 0 aromatic heterocycles. The zero-order valence-electron chi connectivity index (χ0n) is 12.4. The van der Waals surface area contributed by atoms with Gasteiger partial charge in [-0.05, 0) is 47.0 Å². The minimum absolute atomic E-state index is 0.118. The summed E-state index contributed by atoms with van der Waals surface area (Å²) >= 11 is 0. The molecule has 3 nitrogen and oxygen atoms in total. The van der Waals surface area contributed by atoms with Crippen LogP contribution in [-0.4, -0.2) is 24.4 Å². The molecule has 2 atom stereocenters. The van der Waals surface area contributed by atoms with Gasteiger partial charge in [0.2, 0.25) is 0 Å². The quantitative estimate of drug-likeness (QED) is 0.781. The number of ether oxygens (including phenoxy) is 1. The second kappa shape index (κ2) is 5.48. The first-order chi connectivity index (χ1) is 8.48. The van der Waals surface area contributed by atoms with Gasteiger partial charge < -0.3 is 4.74 Å². The minimum atomic E-state index is -0.118. The molecule has 0 aromatic rings.